The lowest BCUT2D eigenvalue weighted by molar-refractivity contribution is -0.128. The molecular formula is C21H34O. The smallest absolute Gasteiger partial charge is 0.137 e. The van der Waals surface area contributed by atoms with E-state index in [-0.39, 0.29) is 11.3 Å². The first-order chi connectivity index (χ1) is 10.4. The molecule has 22 heavy (non-hydrogen) atoms. The summed E-state index contributed by atoms with van der Waals surface area (Å²) < 4.78 is 0. The average Bonchev–Trinajstić information content (AvgIpc) is 2.85. The summed E-state index contributed by atoms with van der Waals surface area (Å²) in [5.41, 5.74) is 2.06. The van der Waals surface area contributed by atoms with Gasteiger partial charge in [-0.15, -0.1) is 0 Å². The molecule has 0 aromatic rings. The Morgan fingerprint density at radius 1 is 1.41 bits per heavy atom. The van der Waals surface area contributed by atoms with Gasteiger partial charge in [0, 0.05) is 12.3 Å². The summed E-state index contributed by atoms with van der Waals surface area (Å²) in [6.45, 7) is 11.6. The molecule has 2 aliphatic rings. The molecule has 0 spiro atoms. The molecule has 0 heterocycles. The summed E-state index contributed by atoms with van der Waals surface area (Å²) in [6, 6.07) is 0. The Balaban J connectivity index is 2.03. The molecular weight excluding hydrogens is 268 g/mol. The highest BCUT2D eigenvalue weighted by Crippen LogP contribution is 2.53. The summed E-state index contributed by atoms with van der Waals surface area (Å²) in [5, 5.41) is 0. The minimum Gasteiger partial charge on any atom is -0.299 e. The molecule has 0 saturated heterocycles. The van der Waals surface area contributed by atoms with Gasteiger partial charge in [-0.3, -0.25) is 4.79 Å². The van der Waals surface area contributed by atoms with Gasteiger partial charge in [0.15, 0.2) is 0 Å². The Hall–Kier alpha value is -0.850. The molecule has 124 valence electrons. The average molecular weight is 303 g/mol. The highest BCUT2D eigenvalue weighted by Gasteiger charge is 2.47. The summed E-state index contributed by atoms with van der Waals surface area (Å²) in [7, 11) is 0. The van der Waals surface area contributed by atoms with Crippen LogP contribution < -0.4 is 0 Å². The van der Waals surface area contributed by atoms with Crippen LogP contribution in [0, 0.1) is 22.7 Å². The second-order valence-corrected chi connectivity index (χ2v) is 8.09. The van der Waals surface area contributed by atoms with E-state index in [9.17, 15) is 4.79 Å². The van der Waals surface area contributed by atoms with Gasteiger partial charge in [0.25, 0.3) is 0 Å². The van der Waals surface area contributed by atoms with Crippen molar-refractivity contribution in [2.24, 2.45) is 22.7 Å². The van der Waals surface area contributed by atoms with E-state index in [1.807, 2.05) is 0 Å². The molecule has 0 aliphatic heterocycles. The van der Waals surface area contributed by atoms with E-state index < -0.39 is 0 Å². The topological polar surface area (TPSA) is 17.1 Å². The van der Waals surface area contributed by atoms with Gasteiger partial charge >= 0.3 is 0 Å². The lowest BCUT2D eigenvalue weighted by atomic mass is 9.63. The molecule has 2 aliphatic carbocycles. The first-order valence-electron chi connectivity index (χ1n) is 9.27. The Labute approximate surface area is 137 Å². The van der Waals surface area contributed by atoms with Crippen LogP contribution in [0.4, 0.5) is 0 Å². The zero-order chi connectivity index (χ0) is 16.4. The van der Waals surface area contributed by atoms with Crippen LogP contribution in [-0.4, -0.2) is 5.78 Å². The van der Waals surface area contributed by atoms with Gasteiger partial charge in [-0.1, -0.05) is 58.4 Å². The van der Waals surface area contributed by atoms with E-state index >= 15 is 0 Å². The van der Waals surface area contributed by atoms with Crippen molar-refractivity contribution >= 4 is 5.78 Å². The second kappa shape index (κ2) is 6.72. The Morgan fingerprint density at radius 3 is 2.73 bits per heavy atom. The van der Waals surface area contributed by atoms with Gasteiger partial charge in [-0.05, 0) is 55.3 Å². The molecule has 2 rings (SSSR count). The number of ketones is 1. The largest absolute Gasteiger partial charge is 0.299 e. The molecule has 0 aromatic carbocycles. The Morgan fingerprint density at radius 2 is 2.09 bits per heavy atom. The predicted octanol–water partition coefficient (Wildman–Crippen LogP) is 6.10. The second-order valence-electron chi connectivity index (χ2n) is 8.09. The minimum atomic E-state index is 0.154. The van der Waals surface area contributed by atoms with Gasteiger partial charge in [0.2, 0.25) is 0 Å². The molecule has 1 heteroatoms. The SMILES string of the molecule is CCC(C)(/C=C/C[C@H](C)C1=CC[C@H]2C(=O)CCC[C@]12C)CC. The van der Waals surface area contributed by atoms with Crippen LogP contribution in [0.15, 0.2) is 23.8 Å². The number of fused-ring (bicyclic) bond motifs is 1. The van der Waals surface area contributed by atoms with Crippen LogP contribution in [0.1, 0.15) is 79.6 Å². The van der Waals surface area contributed by atoms with Gasteiger partial charge in [0.1, 0.15) is 5.78 Å². The highest BCUT2D eigenvalue weighted by atomic mass is 16.1. The monoisotopic (exact) mass is 302 g/mol. The van der Waals surface area contributed by atoms with Crippen LogP contribution in [0.25, 0.3) is 0 Å². The van der Waals surface area contributed by atoms with Crippen molar-refractivity contribution in [3.05, 3.63) is 23.8 Å². The van der Waals surface area contributed by atoms with Crippen molar-refractivity contribution in [2.45, 2.75) is 79.6 Å². The van der Waals surface area contributed by atoms with Crippen LogP contribution in [0.5, 0.6) is 0 Å². The van der Waals surface area contributed by atoms with Crippen molar-refractivity contribution in [2.75, 3.05) is 0 Å². The third kappa shape index (κ3) is 3.24. The summed E-state index contributed by atoms with van der Waals surface area (Å²) in [5.74, 6) is 1.35. The Kier molecular flexibility index (Phi) is 5.35. The van der Waals surface area contributed by atoms with Gasteiger partial charge in [0.05, 0.1) is 0 Å². The highest BCUT2D eigenvalue weighted by molar-refractivity contribution is 5.84. The Bertz CT molecular complexity index is 466. The fourth-order valence-electron chi connectivity index (χ4n) is 4.48. The maximum atomic E-state index is 12.2. The number of hydrogen-bond acceptors (Lipinski definition) is 1. The number of rotatable bonds is 6. The van der Waals surface area contributed by atoms with Crippen LogP contribution in [0.2, 0.25) is 0 Å². The maximum absolute atomic E-state index is 12.2. The number of hydrogen-bond donors (Lipinski definition) is 0. The van der Waals surface area contributed by atoms with Crippen LogP contribution in [-0.2, 0) is 4.79 Å². The molecule has 0 radical (unpaired) electrons. The lowest BCUT2D eigenvalue weighted by Gasteiger charge is -2.40. The quantitative estimate of drug-likeness (QED) is 0.542. The van der Waals surface area contributed by atoms with Crippen molar-refractivity contribution in [3.63, 3.8) is 0 Å². The zero-order valence-electron chi connectivity index (χ0n) is 15.2. The number of carbonyl (C=O) groups is 1. The number of carbonyl (C=O) groups excluding carboxylic acids is 1. The molecule has 1 saturated carbocycles. The van der Waals surface area contributed by atoms with E-state index in [4.69, 9.17) is 0 Å². The standard InChI is InChI=1S/C21H34O/c1-6-20(4,7-2)14-8-10-16(3)17-12-13-18-19(22)11-9-15-21(17,18)5/h8,12,14,16,18H,6-7,9-11,13,15H2,1-5H3/b14-8+/t16-,18-,21+/m0/s1. The van der Waals surface area contributed by atoms with E-state index in [1.165, 1.54) is 19.3 Å². The first kappa shape index (κ1) is 17.5. The molecule has 0 amide bonds. The molecule has 1 nitrogen and oxygen atoms in total. The fraction of sp³-hybridized carbons (Fsp3) is 0.762. The molecule has 0 aromatic heterocycles. The number of allylic oxidation sites excluding steroid dienone is 4. The van der Waals surface area contributed by atoms with E-state index in [0.29, 0.717) is 17.1 Å². The van der Waals surface area contributed by atoms with Gasteiger partial charge in [-0.25, -0.2) is 0 Å². The predicted molar refractivity (Wildman–Crippen MR) is 94.8 cm³/mol. The first-order valence-corrected chi connectivity index (χ1v) is 9.27. The van der Waals surface area contributed by atoms with Gasteiger partial charge < -0.3 is 0 Å². The van der Waals surface area contributed by atoms with E-state index in [2.05, 4.69) is 52.8 Å². The summed E-state index contributed by atoms with van der Waals surface area (Å²) in [4.78, 5) is 12.2. The minimum absolute atomic E-state index is 0.154. The molecule has 3 atom stereocenters. The van der Waals surface area contributed by atoms with Crippen molar-refractivity contribution < 1.29 is 4.79 Å². The zero-order valence-corrected chi connectivity index (χ0v) is 15.2. The molecule has 0 N–H and O–H groups in total. The molecule has 0 bridgehead atoms. The summed E-state index contributed by atoms with van der Waals surface area (Å²) >= 11 is 0. The van der Waals surface area contributed by atoms with E-state index in [0.717, 1.165) is 25.7 Å². The fourth-order valence-corrected chi connectivity index (χ4v) is 4.48. The van der Waals surface area contributed by atoms with Crippen molar-refractivity contribution in [3.8, 4) is 0 Å². The third-order valence-electron chi connectivity index (χ3n) is 6.67. The normalized spacial score (nSPS) is 30.5. The summed E-state index contributed by atoms with van der Waals surface area (Å²) in [6.07, 6.45) is 14.8. The van der Waals surface area contributed by atoms with Crippen LogP contribution >= 0.6 is 0 Å². The molecule has 1 fully saturated rings. The molecule has 0 unspecified atom stereocenters. The maximum Gasteiger partial charge on any atom is 0.137 e. The van der Waals surface area contributed by atoms with Crippen LogP contribution in [0.3, 0.4) is 0 Å². The lowest BCUT2D eigenvalue weighted by Crippen LogP contribution is -2.36. The third-order valence-corrected chi connectivity index (χ3v) is 6.67. The van der Waals surface area contributed by atoms with E-state index in [1.54, 1.807) is 5.57 Å². The van der Waals surface area contributed by atoms with Gasteiger partial charge in [-0.2, -0.15) is 0 Å². The van der Waals surface area contributed by atoms with Crippen molar-refractivity contribution in [1.82, 2.24) is 0 Å². The van der Waals surface area contributed by atoms with Crippen molar-refractivity contribution in [1.29, 1.82) is 0 Å². The number of Topliss-reactive ketones (excluding diaryl/α,β-unsaturated/α-hetero) is 1.